The van der Waals surface area contributed by atoms with Crippen molar-refractivity contribution >= 4 is 30.0 Å². The summed E-state index contributed by atoms with van der Waals surface area (Å²) in [5.41, 5.74) is 9.64. The molecule has 1 atom stereocenters. The second kappa shape index (κ2) is 8.02. The van der Waals surface area contributed by atoms with Gasteiger partial charge in [0.2, 0.25) is 0 Å². The van der Waals surface area contributed by atoms with Crippen molar-refractivity contribution in [1.29, 1.82) is 0 Å². The van der Waals surface area contributed by atoms with Crippen LogP contribution in [0.1, 0.15) is 53.2 Å². The molecule has 1 aromatic carbocycles. The van der Waals surface area contributed by atoms with Crippen LogP contribution < -0.4 is 11.1 Å². The first-order valence-electron chi connectivity index (χ1n) is 9.02. The summed E-state index contributed by atoms with van der Waals surface area (Å²) in [5, 5.41) is 2.55. The van der Waals surface area contributed by atoms with Crippen LogP contribution in [0.4, 0.5) is 11.5 Å². The Morgan fingerprint density at radius 2 is 1.79 bits per heavy atom. The van der Waals surface area contributed by atoms with Crippen LogP contribution in [0.3, 0.4) is 0 Å². The summed E-state index contributed by atoms with van der Waals surface area (Å²) in [5.74, 6) is 0.171. The van der Waals surface area contributed by atoms with Gasteiger partial charge in [0, 0.05) is 18.1 Å². The van der Waals surface area contributed by atoms with Gasteiger partial charge in [-0.3, -0.25) is 9.78 Å². The van der Waals surface area contributed by atoms with Crippen molar-refractivity contribution in [1.82, 2.24) is 9.97 Å². The normalized spacial score (nSPS) is 12.4. The Kier molecular flexibility index (Phi) is 5.70. The van der Waals surface area contributed by atoms with Gasteiger partial charge in [-0.2, -0.15) is 12.6 Å². The van der Waals surface area contributed by atoms with E-state index in [0.717, 1.165) is 11.3 Å². The first-order chi connectivity index (χ1) is 13.3. The minimum atomic E-state index is -0.393. The third-order valence-corrected chi connectivity index (χ3v) is 5.01. The van der Waals surface area contributed by atoms with Gasteiger partial charge >= 0.3 is 0 Å². The molecule has 0 aliphatic carbocycles. The fourth-order valence-electron chi connectivity index (χ4n) is 2.87. The number of rotatable bonds is 4. The number of pyridine rings is 2. The van der Waals surface area contributed by atoms with E-state index in [1.807, 2.05) is 30.3 Å². The lowest BCUT2D eigenvalue weighted by atomic mass is 9.87. The number of carbonyl (C=O) groups excluding carboxylic acids is 1. The molecule has 28 heavy (non-hydrogen) atoms. The zero-order valence-electron chi connectivity index (χ0n) is 16.2. The SMILES string of the molecule is CC(C)(C)c1ccc(NC(=O)c2cccnc2C(S)c2ccnc(N)c2)cc1. The van der Waals surface area contributed by atoms with Gasteiger partial charge in [0.15, 0.2) is 0 Å². The van der Waals surface area contributed by atoms with Crippen LogP contribution in [0.15, 0.2) is 60.9 Å². The standard InChI is InChI=1S/C22H24N4OS/c1-22(2,3)15-6-8-16(9-7-15)26-21(27)17-5-4-11-25-19(17)20(28)14-10-12-24-18(23)13-14/h4-13,20,28H,1-3H3,(H2,23,24)(H,26,27). The van der Waals surface area contributed by atoms with Crippen LogP contribution in [0, 0.1) is 0 Å². The van der Waals surface area contributed by atoms with Gasteiger partial charge in [-0.25, -0.2) is 4.98 Å². The summed E-state index contributed by atoms with van der Waals surface area (Å²) in [4.78, 5) is 21.3. The average Bonchev–Trinajstić information content (AvgIpc) is 2.67. The summed E-state index contributed by atoms with van der Waals surface area (Å²) < 4.78 is 0. The highest BCUT2D eigenvalue weighted by Gasteiger charge is 2.20. The van der Waals surface area contributed by atoms with Crippen molar-refractivity contribution in [2.75, 3.05) is 11.1 Å². The highest BCUT2D eigenvalue weighted by Crippen LogP contribution is 2.30. The number of nitrogens with two attached hydrogens (primary N) is 1. The summed E-state index contributed by atoms with van der Waals surface area (Å²) in [6.45, 7) is 6.46. The van der Waals surface area contributed by atoms with E-state index in [1.54, 1.807) is 30.6 Å². The molecule has 0 bridgehead atoms. The molecule has 0 spiro atoms. The maximum Gasteiger partial charge on any atom is 0.257 e. The number of nitrogen functional groups attached to an aromatic ring is 1. The van der Waals surface area contributed by atoms with Crippen LogP contribution >= 0.6 is 12.6 Å². The molecule has 2 aromatic heterocycles. The fraction of sp³-hybridized carbons (Fsp3) is 0.227. The number of nitrogens with zero attached hydrogens (tertiary/aromatic N) is 2. The molecule has 0 radical (unpaired) electrons. The lowest BCUT2D eigenvalue weighted by Crippen LogP contribution is -2.17. The molecule has 6 heteroatoms. The van der Waals surface area contributed by atoms with Crippen molar-refractivity contribution in [2.45, 2.75) is 31.4 Å². The molecule has 1 unspecified atom stereocenters. The van der Waals surface area contributed by atoms with Crippen molar-refractivity contribution in [2.24, 2.45) is 0 Å². The first kappa shape index (κ1) is 19.9. The molecular formula is C22H24N4OS. The van der Waals surface area contributed by atoms with Crippen LogP contribution in [-0.2, 0) is 5.41 Å². The highest BCUT2D eigenvalue weighted by molar-refractivity contribution is 7.80. The van der Waals surface area contributed by atoms with E-state index < -0.39 is 5.25 Å². The quantitative estimate of drug-likeness (QED) is 0.566. The molecule has 2 heterocycles. The zero-order valence-corrected chi connectivity index (χ0v) is 17.1. The van der Waals surface area contributed by atoms with Gasteiger partial charge in [-0.1, -0.05) is 32.9 Å². The molecule has 0 fully saturated rings. The van der Waals surface area contributed by atoms with Crippen molar-refractivity contribution in [3.8, 4) is 0 Å². The van der Waals surface area contributed by atoms with Crippen LogP contribution in [0.5, 0.6) is 0 Å². The third kappa shape index (κ3) is 4.51. The Balaban J connectivity index is 1.85. The number of benzene rings is 1. The molecule has 3 aromatic rings. The van der Waals surface area contributed by atoms with E-state index in [0.29, 0.717) is 17.1 Å². The monoisotopic (exact) mass is 392 g/mol. The summed E-state index contributed by atoms with van der Waals surface area (Å²) in [7, 11) is 0. The number of carbonyl (C=O) groups is 1. The summed E-state index contributed by atoms with van der Waals surface area (Å²) >= 11 is 4.67. The fourth-order valence-corrected chi connectivity index (χ4v) is 3.24. The van der Waals surface area contributed by atoms with Gasteiger partial charge in [0.1, 0.15) is 5.82 Å². The largest absolute Gasteiger partial charge is 0.384 e. The molecule has 0 saturated heterocycles. The Labute approximate surface area is 170 Å². The summed E-state index contributed by atoms with van der Waals surface area (Å²) in [6, 6.07) is 14.9. The number of thiol groups is 1. The molecule has 0 aliphatic heterocycles. The van der Waals surface area contributed by atoms with Crippen molar-refractivity contribution < 1.29 is 4.79 Å². The minimum absolute atomic E-state index is 0.0602. The highest BCUT2D eigenvalue weighted by atomic mass is 32.1. The maximum atomic E-state index is 12.9. The van der Waals surface area contributed by atoms with E-state index in [-0.39, 0.29) is 11.3 Å². The zero-order chi connectivity index (χ0) is 20.3. The first-order valence-corrected chi connectivity index (χ1v) is 9.53. The third-order valence-electron chi connectivity index (χ3n) is 4.47. The molecule has 0 aliphatic rings. The van der Waals surface area contributed by atoms with Gasteiger partial charge in [0.25, 0.3) is 5.91 Å². The Bertz CT molecular complexity index is 980. The maximum absolute atomic E-state index is 12.9. The Morgan fingerprint density at radius 3 is 2.43 bits per heavy atom. The topological polar surface area (TPSA) is 80.9 Å². The van der Waals surface area contributed by atoms with Gasteiger partial charge in [-0.15, -0.1) is 0 Å². The minimum Gasteiger partial charge on any atom is -0.384 e. The van der Waals surface area contributed by atoms with Crippen LogP contribution in [0.25, 0.3) is 0 Å². The van der Waals surface area contributed by atoms with E-state index >= 15 is 0 Å². The number of hydrogen-bond donors (Lipinski definition) is 3. The number of amides is 1. The van der Waals surface area contributed by atoms with Crippen LogP contribution in [-0.4, -0.2) is 15.9 Å². The molecule has 3 rings (SSSR count). The molecule has 1 amide bonds. The van der Waals surface area contributed by atoms with E-state index in [1.165, 1.54) is 5.56 Å². The predicted molar refractivity (Wildman–Crippen MR) is 117 cm³/mol. The Hall–Kier alpha value is -2.86. The smallest absolute Gasteiger partial charge is 0.257 e. The molecule has 3 N–H and O–H groups in total. The predicted octanol–water partition coefficient (Wildman–Crippen LogP) is 4.63. The number of hydrogen-bond acceptors (Lipinski definition) is 5. The summed E-state index contributed by atoms with van der Waals surface area (Å²) in [6.07, 6.45) is 3.27. The number of anilines is 2. The lowest BCUT2D eigenvalue weighted by molar-refractivity contribution is 0.102. The number of aromatic nitrogens is 2. The second-order valence-electron chi connectivity index (χ2n) is 7.63. The van der Waals surface area contributed by atoms with Crippen LogP contribution in [0.2, 0.25) is 0 Å². The Morgan fingerprint density at radius 1 is 1.07 bits per heavy atom. The van der Waals surface area contributed by atoms with Crippen molar-refractivity contribution in [3.63, 3.8) is 0 Å². The van der Waals surface area contributed by atoms with E-state index in [2.05, 4.69) is 48.7 Å². The van der Waals surface area contributed by atoms with Gasteiger partial charge in [0.05, 0.1) is 16.5 Å². The molecule has 144 valence electrons. The van der Waals surface area contributed by atoms with E-state index in [4.69, 9.17) is 5.73 Å². The van der Waals surface area contributed by atoms with E-state index in [9.17, 15) is 4.79 Å². The van der Waals surface area contributed by atoms with Crippen molar-refractivity contribution in [3.05, 3.63) is 83.3 Å². The van der Waals surface area contributed by atoms with Gasteiger partial charge in [-0.05, 0) is 52.9 Å². The molecular weight excluding hydrogens is 368 g/mol. The molecule has 0 saturated carbocycles. The molecule has 5 nitrogen and oxygen atoms in total. The van der Waals surface area contributed by atoms with Gasteiger partial charge < -0.3 is 11.1 Å². The lowest BCUT2D eigenvalue weighted by Gasteiger charge is -2.19. The second-order valence-corrected chi connectivity index (χ2v) is 8.15. The average molecular weight is 393 g/mol. The number of nitrogens with one attached hydrogen (secondary N) is 1.